The topological polar surface area (TPSA) is 34.1 Å². The van der Waals surface area contributed by atoms with Gasteiger partial charge in [0.05, 0.1) is 10.5 Å². The van der Waals surface area contributed by atoms with Crippen LogP contribution in [-0.4, -0.2) is 18.9 Å². The second-order valence-corrected chi connectivity index (χ2v) is 11.6. The number of benzene rings is 1. The van der Waals surface area contributed by atoms with E-state index < -0.39 is 9.84 Å². The molecule has 3 heteroatoms. The highest BCUT2D eigenvalue weighted by atomic mass is 32.2. The van der Waals surface area contributed by atoms with Crippen LogP contribution in [0.5, 0.6) is 0 Å². The molecule has 0 saturated carbocycles. The average Bonchev–Trinajstić information content (AvgIpc) is 2.52. The molecule has 1 fully saturated rings. The third-order valence-electron chi connectivity index (χ3n) is 6.19. The van der Waals surface area contributed by atoms with Gasteiger partial charge in [0.1, 0.15) is 0 Å². The minimum Gasteiger partial charge on any atom is -0.228 e. The van der Waals surface area contributed by atoms with Gasteiger partial charge in [-0.3, -0.25) is 0 Å². The molecule has 2 aliphatic heterocycles. The molecule has 0 spiro atoms. The van der Waals surface area contributed by atoms with Crippen LogP contribution in [-0.2, 0) is 9.84 Å². The first-order chi connectivity index (χ1) is 12.1. The van der Waals surface area contributed by atoms with Crippen LogP contribution in [0, 0.1) is 0 Å². The highest BCUT2D eigenvalue weighted by Gasteiger charge is 2.41. The summed E-state index contributed by atoms with van der Waals surface area (Å²) in [5, 5.41) is -0.444. The van der Waals surface area contributed by atoms with Crippen LogP contribution in [0.4, 0.5) is 0 Å². The Bertz CT molecular complexity index is 784. The number of hydrogen-bond donors (Lipinski definition) is 0. The van der Waals surface area contributed by atoms with E-state index in [1.807, 2.05) is 0 Å². The van der Waals surface area contributed by atoms with Gasteiger partial charge >= 0.3 is 0 Å². The molecule has 2 aliphatic rings. The Kier molecular flexibility index (Phi) is 5.40. The van der Waals surface area contributed by atoms with Crippen molar-refractivity contribution in [3.8, 4) is 0 Å². The summed E-state index contributed by atoms with van der Waals surface area (Å²) in [6.07, 6.45) is 5.46. The van der Waals surface area contributed by atoms with E-state index in [1.165, 1.54) is 27.8 Å². The third-order valence-corrected chi connectivity index (χ3v) is 8.74. The molecule has 0 aliphatic carbocycles. The highest BCUT2D eigenvalue weighted by molar-refractivity contribution is 7.93. The van der Waals surface area contributed by atoms with Crippen molar-refractivity contribution in [1.29, 1.82) is 0 Å². The first-order valence-corrected chi connectivity index (χ1v) is 11.8. The van der Waals surface area contributed by atoms with Crippen molar-refractivity contribution in [3.05, 3.63) is 40.5 Å². The smallest absolute Gasteiger partial charge is 0.159 e. The second-order valence-electron chi connectivity index (χ2n) is 9.11. The Hall–Kier alpha value is -1.09. The lowest BCUT2D eigenvalue weighted by atomic mass is 9.79. The van der Waals surface area contributed by atoms with E-state index in [-0.39, 0.29) is 10.5 Å². The Morgan fingerprint density at radius 2 is 1.46 bits per heavy atom. The van der Waals surface area contributed by atoms with Gasteiger partial charge in [-0.15, -0.1) is 0 Å². The lowest BCUT2D eigenvalue weighted by Gasteiger charge is -2.35. The second kappa shape index (κ2) is 7.14. The predicted molar refractivity (Wildman–Crippen MR) is 112 cm³/mol. The first kappa shape index (κ1) is 19.7. The molecule has 26 heavy (non-hydrogen) atoms. The summed E-state index contributed by atoms with van der Waals surface area (Å²) < 4.78 is 25.4. The quantitative estimate of drug-likeness (QED) is 0.630. The molecule has 1 aromatic rings. The number of fused-ring (bicyclic) bond motifs is 2. The first-order valence-electron chi connectivity index (χ1n) is 10.2. The normalized spacial score (nSPS) is 25.0. The summed E-state index contributed by atoms with van der Waals surface area (Å²) >= 11 is 0. The predicted octanol–water partition coefficient (Wildman–Crippen LogP) is 6.18. The average molecular weight is 375 g/mol. The lowest BCUT2D eigenvalue weighted by molar-refractivity contribution is 0.517. The molecule has 1 saturated heterocycles. The molecule has 0 radical (unpaired) electrons. The van der Waals surface area contributed by atoms with E-state index >= 15 is 0 Å². The molecular weight excluding hydrogens is 340 g/mol. The lowest BCUT2D eigenvalue weighted by Crippen LogP contribution is -2.38. The SMILES string of the molecule is CC(C)c1cc(C(C)C)c(C2=CC3CCCC(C2)S3(=O)=O)c(C(C)C)c1. The van der Waals surface area contributed by atoms with Gasteiger partial charge in [0.15, 0.2) is 9.84 Å². The fraction of sp³-hybridized carbons (Fsp3) is 0.652. The van der Waals surface area contributed by atoms with Crippen LogP contribution in [0.1, 0.15) is 107 Å². The standard InChI is InChI=1S/C23H34O2S/c1-14(2)17-12-21(15(3)4)23(22(13-17)16(5)6)18-10-19-8-7-9-20(11-18)26(19,24)25/h10,12-16,19-20H,7-9,11H2,1-6H3. The summed E-state index contributed by atoms with van der Waals surface area (Å²) in [6, 6.07) is 4.74. The van der Waals surface area contributed by atoms with Gasteiger partial charge < -0.3 is 0 Å². The Morgan fingerprint density at radius 1 is 0.885 bits per heavy atom. The maximum absolute atomic E-state index is 12.7. The van der Waals surface area contributed by atoms with E-state index in [2.05, 4.69) is 59.8 Å². The molecule has 0 N–H and O–H groups in total. The molecule has 144 valence electrons. The maximum atomic E-state index is 12.7. The molecule has 0 aromatic heterocycles. The molecular formula is C23H34O2S. The fourth-order valence-corrected chi connectivity index (χ4v) is 6.82. The van der Waals surface area contributed by atoms with Gasteiger partial charge in [-0.2, -0.15) is 0 Å². The van der Waals surface area contributed by atoms with Gasteiger partial charge in [0.2, 0.25) is 0 Å². The Labute approximate surface area is 160 Å². The monoisotopic (exact) mass is 374 g/mol. The van der Waals surface area contributed by atoms with Crippen molar-refractivity contribution in [2.75, 3.05) is 0 Å². The molecule has 2 bridgehead atoms. The van der Waals surface area contributed by atoms with E-state index in [0.717, 1.165) is 19.3 Å². The fourth-order valence-electron chi connectivity index (χ4n) is 4.57. The number of rotatable bonds is 4. The van der Waals surface area contributed by atoms with Crippen LogP contribution < -0.4 is 0 Å². The summed E-state index contributed by atoms with van der Waals surface area (Å²) in [5.74, 6) is 1.36. The largest absolute Gasteiger partial charge is 0.228 e. The highest BCUT2D eigenvalue weighted by Crippen LogP contribution is 2.44. The van der Waals surface area contributed by atoms with Crippen molar-refractivity contribution >= 4 is 15.4 Å². The zero-order valence-corrected chi connectivity index (χ0v) is 18.0. The number of sulfone groups is 1. The van der Waals surface area contributed by atoms with Gasteiger partial charge in [0, 0.05) is 0 Å². The van der Waals surface area contributed by atoms with Crippen molar-refractivity contribution in [1.82, 2.24) is 0 Å². The van der Waals surface area contributed by atoms with Gasteiger partial charge in [-0.05, 0) is 64.8 Å². The molecule has 1 aromatic carbocycles. The van der Waals surface area contributed by atoms with Crippen LogP contribution in [0.15, 0.2) is 18.2 Å². The van der Waals surface area contributed by atoms with Crippen molar-refractivity contribution < 1.29 is 8.42 Å². The van der Waals surface area contributed by atoms with Crippen molar-refractivity contribution in [2.45, 2.75) is 95.5 Å². The van der Waals surface area contributed by atoms with Crippen LogP contribution in [0.25, 0.3) is 5.57 Å². The summed E-state index contributed by atoms with van der Waals surface area (Å²) in [6.45, 7) is 13.5. The summed E-state index contributed by atoms with van der Waals surface area (Å²) in [4.78, 5) is 0. The van der Waals surface area contributed by atoms with Crippen LogP contribution >= 0.6 is 0 Å². The van der Waals surface area contributed by atoms with Gasteiger partial charge in [-0.25, -0.2) is 8.42 Å². The van der Waals surface area contributed by atoms with Crippen LogP contribution in [0.3, 0.4) is 0 Å². The molecule has 0 amide bonds. The van der Waals surface area contributed by atoms with Crippen molar-refractivity contribution in [3.63, 3.8) is 0 Å². The minimum absolute atomic E-state index is 0.175. The molecule has 3 rings (SSSR count). The summed E-state index contributed by atoms with van der Waals surface area (Å²) in [5.41, 5.74) is 6.82. The van der Waals surface area contributed by atoms with E-state index in [1.54, 1.807) is 0 Å². The van der Waals surface area contributed by atoms with E-state index in [9.17, 15) is 8.42 Å². The molecule has 2 unspecified atom stereocenters. The zero-order chi connectivity index (χ0) is 19.2. The minimum atomic E-state index is -2.97. The number of allylic oxidation sites excluding steroid dienone is 1. The summed E-state index contributed by atoms with van der Waals surface area (Å²) in [7, 11) is -2.97. The van der Waals surface area contributed by atoms with E-state index in [4.69, 9.17) is 0 Å². The molecule has 2 atom stereocenters. The third kappa shape index (κ3) is 3.40. The van der Waals surface area contributed by atoms with Gasteiger partial charge in [-0.1, -0.05) is 66.2 Å². The number of hydrogen-bond acceptors (Lipinski definition) is 2. The Balaban J connectivity index is 2.22. The van der Waals surface area contributed by atoms with E-state index in [0.29, 0.717) is 24.2 Å². The van der Waals surface area contributed by atoms with Crippen LogP contribution in [0.2, 0.25) is 0 Å². The van der Waals surface area contributed by atoms with Crippen molar-refractivity contribution in [2.24, 2.45) is 0 Å². The Morgan fingerprint density at radius 3 is 1.92 bits per heavy atom. The van der Waals surface area contributed by atoms with Gasteiger partial charge in [0.25, 0.3) is 0 Å². The maximum Gasteiger partial charge on any atom is 0.159 e. The molecule has 2 nitrogen and oxygen atoms in total. The molecule has 2 heterocycles. The zero-order valence-electron chi connectivity index (χ0n) is 17.2.